The predicted molar refractivity (Wildman–Crippen MR) is 119 cm³/mol. The number of rotatable bonds is 1. The quantitative estimate of drug-likeness (QED) is 0.496. The zero-order valence-corrected chi connectivity index (χ0v) is 17.9. The van der Waals surface area contributed by atoms with Crippen LogP contribution in [0.2, 0.25) is 0 Å². The number of fused-ring (bicyclic) bond motifs is 5. The molecule has 0 saturated heterocycles. The van der Waals surface area contributed by atoms with Crippen molar-refractivity contribution in [2.24, 2.45) is 0 Å². The van der Waals surface area contributed by atoms with Crippen LogP contribution in [0.3, 0.4) is 0 Å². The Kier molecular flexibility index (Phi) is 5.14. The van der Waals surface area contributed by atoms with Crippen LogP contribution in [0.1, 0.15) is 35.8 Å². The number of aromatic nitrogens is 6. The number of carbonyl (C=O) groups is 1. The van der Waals surface area contributed by atoms with E-state index in [1.807, 2.05) is 59.5 Å². The van der Waals surface area contributed by atoms with Gasteiger partial charge in [0.05, 0.1) is 23.7 Å². The van der Waals surface area contributed by atoms with Crippen molar-refractivity contribution in [3.63, 3.8) is 0 Å². The zero-order chi connectivity index (χ0) is 22.1. The minimum atomic E-state index is -0.297. The second-order valence-corrected chi connectivity index (χ2v) is 7.88. The summed E-state index contributed by atoms with van der Waals surface area (Å²) in [6.07, 6.45) is 6.96. The first-order chi connectivity index (χ1) is 15.6. The molecule has 1 amide bonds. The van der Waals surface area contributed by atoms with Gasteiger partial charge >= 0.3 is 0 Å². The molecule has 0 fully saturated rings. The summed E-state index contributed by atoms with van der Waals surface area (Å²) >= 11 is 0. The van der Waals surface area contributed by atoms with E-state index in [0.29, 0.717) is 28.6 Å². The lowest BCUT2D eigenvalue weighted by atomic mass is 10.1. The highest BCUT2D eigenvalue weighted by Crippen LogP contribution is 2.26. The fraction of sp³-hybridized carbons (Fsp3) is 0.261. The van der Waals surface area contributed by atoms with Gasteiger partial charge in [-0.3, -0.25) is 4.79 Å². The number of pyridine rings is 1. The molecule has 0 aliphatic carbocycles. The fourth-order valence-corrected chi connectivity index (χ4v) is 3.78. The Morgan fingerprint density at radius 3 is 2.94 bits per heavy atom. The molecule has 9 nitrogen and oxygen atoms in total. The maximum absolute atomic E-state index is 13.3. The number of nitrogens with zero attached hydrogens (tertiary/aromatic N) is 6. The minimum Gasteiger partial charge on any atom is -0.490 e. The van der Waals surface area contributed by atoms with Crippen LogP contribution in [0, 0.1) is 6.92 Å². The molecule has 0 radical (unpaired) electrons. The maximum atomic E-state index is 13.3. The van der Waals surface area contributed by atoms with Crippen molar-refractivity contribution in [1.29, 1.82) is 0 Å². The Morgan fingerprint density at radius 2 is 2.09 bits per heavy atom. The summed E-state index contributed by atoms with van der Waals surface area (Å²) in [5, 5.41) is 11.2. The lowest BCUT2D eigenvalue weighted by molar-refractivity contribution is 0.101. The third kappa shape index (κ3) is 3.96. The van der Waals surface area contributed by atoms with Gasteiger partial charge in [-0.05, 0) is 57.0 Å². The fourth-order valence-electron chi connectivity index (χ4n) is 3.78. The number of carbonyl (C=O) groups excluding carboxylic acids is 1. The summed E-state index contributed by atoms with van der Waals surface area (Å²) in [5.74, 6) is 1.34. The van der Waals surface area contributed by atoms with E-state index in [1.54, 1.807) is 18.7 Å². The van der Waals surface area contributed by atoms with Crippen molar-refractivity contribution in [3.05, 3.63) is 66.5 Å². The summed E-state index contributed by atoms with van der Waals surface area (Å²) in [5.41, 5.74) is 2.82. The number of aryl methyl sites for hydroxylation is 2. The monoisotopic (exact) mass is 429 g/mol. The summed E-state index contributed by atoms with van der Waals surface area (Å²) in [6, 6.07) is 11.0. The summed E-state index contributed by atoms with van der Waals surface area (Å²) in [7, 11) is 0. The molecule has 1 aliphatic heterocycles. The first-order valence-corrected chi connectivity index (χ1v) is 10.5. The number of amides is 1. The molecule has 1 atom stereocenters. The van der Waals surface area contributed by atoms with Gasteiger partial charge in [-0.1, -0.05) is 6.07 Å². The van der Waals surface area contributed by atoms with E-state index in [2.05, 4.69) is 25.5 Å². The van der Waals surface area contributed by atoms with Gasteiger partial charge in [-0.25, -0.2) is 9.97 Å². The lowest BCUT2D eigenvalue weighted by Crippen LogP contribution is -2.19. The molecule has 1 aliphatic rings. The average Bonchev–Trinajstić information content (AvgIpc) is 3.43. The summed E-state index contributed by atoms with van der Waals surface area (Å²) < 4.78 is 10.0. The summed E-state index contributed by atoms with van der Waals surface area (Å²) in [4.78, 5) is 22.1. The third-order valence-electron chi connectivity index (χ3n) is 5.39. The lowest BCUT2D eigenvalue weighted by Gasteiger charge is -2.19. The second kappa shape index (κ2) is 8.26. The third-order valence-corrected chi connectivity index (χ3v) is 5.39. The highest BCUT2D eigenvalue weighted by molar-refractivity contribution is 6.06. The van der Waals surface area contributed by atoms with Crippen LogP contribution in [0.15, 0.2) is 55.2 Å². The number of hydrogen-bond acceptors (Lipinski definition) is 6. The van der Waals surface area contributed by atoms with Crippen molar-refractivity contribution >= 4 is 11.7 Å². The van der Waals surface area contributed by atoms with Crippen molar-refractivity contribution in [2.75, 3.05) is 5.32 Å². The van der Waals surface area contributed by atoms with Gasteiger partial charge in [-0.15, -0.1) is 10.2 Å². The smallest absolute Gasteiger partial charge is 0.260 e. The van der Waals surface area contributed by atoms with E-state index in [9.17, 15) is 4.79 Å². The predicted octanol–water partition coefficient (Wildman–Crippen LogP) is 3.65. The van der Waals surface area contributed by atoms with E-state index in [4.69, 9.17) is 4.74 Å². The van der Waals surface area contributed by atoms with Gasteiger partial charge in [0.1, 0.15) is 23.6 Å². The van der Waals surface area contributed by atoms with Crippen LogP contribution >= 0.6 is 0 Å². The summed E-state index contributed by atoms with van der Waals surface area (Å²) in [6.45, 7) is 4.69. The minimum absolute atomic E-state index is 0.0679. The number of nitrogens with one attached hydrogen (secondary N) is 1. The van der Waals surface area contributed by atoms with Crippen LogP contribution in [-0.4, -0.2) is 41.3 Å². The Hall–Kier alpha value is -4.01. The van der Waals surface area contributed by atoms with Crippen LogP contribution in [0.25, 0.3) is 17.2 Å². The zero-order valence-electron chi connectivity index (χ0n) is 17.9. The topological polar surface area (TPSA) is 99.8 Å². The molecule has 5 rings (SSSR count). The number of benzene rings is 1. The van der Waals surface area contributed by atoms with Gasteiger partial charge in [0.25, 0.3) is 5.91 Å². The molecule has 1 N–H and O–H groups in total. The Morgan fingerprint density at radius 1 is 1.19 bits per heavy atom. The van der Waals surface area contributed by atoms with Crippen molar-refractivity contribution < 1.29 is 9.53 Å². The maximum Gasteiger partial charge on any atom is 0.260 e. The van der Waals surface area contributed by atoms with Gasteiger partial charge in [0, 0.05) is 18.4 Å². The standard InChI is InChI=1S/C23H23N7O2/c1-15-12-30(13-24-15)17-8-9-20-18(11-17)23(31)27-21-7-3-6-19(26-21)22-28-25-14-29(22)10-4-5-16(2)32-20/h3,6-9,11-14,16H,4-5,10H2,1-2H3,(H,26,27,31)/t16-/m0/s1. The SMILES string of the molecule is Cc1cn(-c2ccc3c(c2)C(=O)Nc2cccc(n2)-c2nncn2CCC[C@H](C)O3)cn1. The number of ether oxygens (including phenoxy) is 1. The van der Waals surface area contributed by atoms with E-state index in [1.165, 1.54) is 0 Å². The van der Waals surface area contributed by atoms with Gasteiger partial charge in [0.2, 0.25) is 0 Å². The van der Waals surface area contributed by atoms with Crippen LogP contribution < -0.4 is 10.1 Å². The average molecular weight is 429 g/mol. The number of hydrogen-bond donors (Lipinski definition) is 1. The molecule has 0 saturated carbocycles. The molecule has 3 aromatic heterocycles. The van der Waals surface area contributed by atoms with Crippen LogP contribution in [0.4, 0.5) is 5.82 Å². The van der Waals surface area contributed by atoms with Crippen molar-refractivity contribution in [1.82, 2.24) is 29.3 Å². The molecule has 2 bridgehead atoms. The van der Waals surface area contributed by atoms with E-state index >= 15 is 0 Å². The molecule has 32 heavy (non-hydrogen) atoms. The molecule has 9 heteroatoms. The van der Waals surface area contributed by atoms with Gasteiger partial charge < -0.3 is 19.2 Å². The molecular formula is C23H23N7O2. The number of imidazole rings is 1. The van der Waals surface area contributed by atoms with Crippen LogP contribution in [-0.2, 0) is 6.54 Å². The first-order valence-electron chi connectivity index (χ1n) is 10.5. The number of anilines is 1. The molecule has 0 unspecified atom stereocenters. The van der Waals surface area contributed by atoms with E-state index < -0.39 is 0 Å². The second-order valence-electron chi connectivity index (χ2n) is 7.88. The molecule has 1 aromatic carbocycles. The Bertz CT molecular complexity index is 1280. The Labute approximate surface area is 185 Å². The first kappa shape index (κ1) is 19.9. The normalized spacial score (nSPS) is 16.3. The van der Waals surface area contributed by atoms with E-state index in [0.717, 1.165) is 30.8 Å². The van der Waals surface area contributed by atoms with Crippen LogP contribution in [0.5, 0.6) is 5.75 Å². The largest absolute Gasteiger partial charge is 0.490 e. The Balaban J connectivity index is 1.56. The van der Waals surface area contributed by atoms with E-state index in [-0.39, 0.29) is 12.0 Å². The highest BCUT2D eigenvalue weighted by atomic mass is 16.5. The van der Waals surface area contributed by atoms with Gasteiger partial charge in [0.15, 0.2) is 5.82 Å². The molecule has 0 spiro atoms. The molecule has 4 aromatic rings. The molecule has 162 valence electrons. The molecular weight excluding hydrogens is 406 g/mol. The van der Waals surface area contributed by atoms with Crippen molar-refractivity contribution in [3.8, 4) is 23.0 Å². The van der Waals surface area contributed by atoms with Crippen molar-refractivity contribution in [2.45, 2.75) is 39.3 Å². The molecule has 4 heterocycles. The highest BCUT2D eigenvalue weighted by Gasteiger charge is 2.19. The van der Waals surface area contributed by atoms with Gasteiger partial charge in [-0.2, -0.15) is 0 Å².